The lowest BCUT2D eigenvalue weighted by Gasteiger charge is -2.13. The van der Waals surface area contributed by atoms with Gasteiger partial charge in [0.25, 0.3) is 26.0 Å². The fourth-order valence-electron chi connectivity index (χ4n) is 3.71. The first kappa shape index (κ1) is 28.2. The maximum Gasteiger partial charge on any atom is 0.262 e. The standard InChI is InChI=1S/C28H26ClN3O5S2/c1-18-9-11-23(16-20(18)3)31-39(36,37)27-17-21(10-8-19(27)2)28(33)30-22-12-14-24(15-13-22)38(34,35)32-26-7-5-4-6-25(26)29/h4-17,31-32H,1-3H3,(H,30,33). The molecule has 0 bridgehead atoms. The molecule has 0 atom stereocenters. The van der Waals surface area contributed by atoms with Crippen LogP contribution in [0.4, 0.5) is 17.1 Å². The van der Waals surface area contributed by atoms with E-state index in [-0.39, 0.29) is 26.1 Å². The van der Waals surface area contributed by atoms with E-state index in [9.17, 15) is 21.6 Å². The Morgan fingerprint density at radius 3 is 1.97 bits per heavy atom. The summed E-state index contributed by atoms with van der Waals surface area (Å²) in [5.74, 6) is -0.553. The van der Waals surface area contributed by atoms with Gasteiger partial charge >= 0.3 is 0 Å². The molecule has 4 aromatic rings. The van der Waals surface area contributed by atoms with Crippen molar-refractivity contribution in [1.82, 2.24) is 0 Å². The zero-order valence-corrected chi connectivity index (χ0v) is 23.7. The molecule has 0 aromatic heterocycles. The largest absolute Gasteiger partial charge is 0.322 e. The van der Waals surface area contributed by atoms with Gasteiger partial charge in [0.1, 0.15) is 0 Å². The zero-order valence-electron chi connectivity index (χ0n) is 21.3. The minimum atomic E-state index is -3.97. The predicted molar refractivity (Wildman–Crippen MR) is 155 cm³/mol. The van der Waals surface area contributed by atoms with Crippen LogP contribution in [-0.4, -0.2) is 22.7 Å². The van der Waals surface area contributed by atoms with E-state index in [1.807, 2.05) is 19.9 Å². The molecule has 202 valence electrons. The summed E-state index contributed by atoms with van der Waals surface area (Å²) in [6.07, 6.45) is 0. The molecule has 4 rings (SSSR count). The van der Waals surface area contributed by atoms with Crippen molar-refractivity contribution in [2.75, 3.05) is 14.8 Å². The maximum absolute atomic E-state index is 13.1. The van der Waals surface area contributed by atoms with Crippen LogP contribution in [0.5, 0.6) is 0 Å². The molecule has 0 radical (unpaired) electrons. The number of para-hydroxylation sites is 1. The van der Waals surface area contributed by atoms with E-state index in [1.54, 1.807) is 49.4 Å². The molecule has 0 aliphatic rings. The number of carbonyl (C=O) groups excluding carboxylic acids is 1. The van der Waals surface area contributed by atoms with Crippen LogP contribution in [0.15, 0.2) is 94.7 Å². The second-order valence-corrected chi connectivity index (χ2v) is 12.7. The number of nitrogens with one attached hydrogen (secondary N) is 3. The predicted octanol–water partition coefficient (Wildman–Crippen LogP) is 6.12. The van der Waals surface area contributed by atoms with E-state index in [0.29, 0.717) is 16.9 Å². The zero-order chi connectivity index (χ0) is 28.4. The molecule has 0 saturated carbocycles. The Morgan fingerprint density at radius 2 is 1.31 bits per heavy atom. The SMILES string of the molecule is Cc1ccc(NS(=O)(=O)c2cc(C(=O)Nc3ccc(S(=O)(=O)Nc4ccccc4Cl)cc3)ccc2C)cc1C. The fourth-order valence-corrected chi connectivity index (χ4v) is 6.35. The maximum atomic E-state index is 13.1. The number of hydrogen-bond donors (Lipinski definition) is 3. The summed E-state index contributed by atoms with van der Waals surface area (Å²) in [5, 5.41) is 2.92. The number of carbonyl (C=O) groups is 1. The van der Waals surface area contributed by atoms with Gasteiger partial charge in [0.05, 0.1) is 20.5 Å². The van der Waals surface area contributed by atoms with E-state index in [4.69, 9.17) is 11.6 Å². The Hall–Kier alpha value is -3.86. The number of hydrogen-bond acceptors (Lipinski definition) is 5. The van der Waals surface area contributed by atoms with Crippen LogP contribution in [0, 0.1) is 20.8 Å². The van der Waals surface area contributed by atoms with Gasteiger partial charge in [-0.1, -0.05) is 35.9 Å². The van der Waals surface area contributed by atoms with Gasteiger partial charge < -0.3 is 5.32 Å². The molecule has 8 nitrogen and oxygen atoms in total. The summed E-state index contributed by atoms with van der Waals surface area (Å²) in [6.45, 7) is 5.47. The molecule has 0 saturated heterocycles. The second-order valence-electron chi connectivity index (χ2n) is 8.95. The number of sulfonamides is 2. The highest BCUT2D eigenvalue weighted by Gasteiger charge is 2.20. The molecule has 0 aliphatic heterocycles. The van der Waals surface area contributed by atoms with Crippen molar-refractivity contribution in [3.05, 3.63) is 112 Å². The van der Waals surface area contributed by atoms with E-state index < -0.39 is 26.0 Å². The smallest absolute Gasteiger partial charge is 0.262 e. The summed E-state index contributed by atoms with van der Waals surface area (Å²) in [7, 11) is -7.88. The molecule has 0 heterocycles. The normalized spacial score (nSPS) is 11.6. The number of anilines is 3. The third-order valence-corrected chi connectivity index (χ3v) is 9.27. The highest BCUT2D eigenvalue weighted by molar-refractivity contribution is 7.93. The van der Waals surface area contributed by atoms with E-state index in [0.717, 1.165) is 11.1 Å². The topological polar surface area (TPSA) is 121 Å². The van der Waals surface area contributed by atoms with Crippen molar-refractivity contribution in [2.24, 2.45) is 0 Å². The van der Waals surface area contributed by atoms with E-state index >= 15 is 0 Å². The van der Waals surface area contributed by atoms with Gasteiger partial charge in [0.15, 0.2) is 0 Å². The Labute approximate surface area is 233 Å². The van der Waals surface area contributed by atoms with Gasteiger partial charge in [-0.25, -0.2) is 16.8 Å². The Morgan fingerprint density at radius 1 is 0.667 bits per heavy atom. The van der Waals surface area contributed by atoms with Crippen molar-refractivity contribution in [3.8, 4) is 0 Å². The molecule has 0 fully saturated rings. The second kappa shape index (κ2) is 11.1. The molecular weight excluding hydrogens is 558 g/mol. The first-order valence-corrected chi connectivity index (χ1v) is 15.1. The lowest BCUT2D eigenvalue weighted by atomic mass is 10.1. The van der Waals surface area contributed by atoms with Crippen molar-refractivity contribution in [2.45, 2.75) is 30.6 Å². The Bertz CT molecular complexity index is 1770. The molecule has 3 N–H and O–H groups in total. The van der Waals surface area contributed by atoms with Crippen LogP contribution in [0.3, 0.4) is 0 Å². The van der Waals surface area contributed by atoms with Gasteiger partial charge in [0.2, 0.25) is 0 Å². The third kappa shape index (κ3) is 6.59. The van der Waals surface area contributed by atoms with Gasteiger partial charge in [-0.05, 0) is 98.1 Å². The molecule has 0 spiro atoms. The van der Waals surface area contributed by atoms with Crippen molar-refractivity contribution < 1.29 is 21.6 Å². The van der Waals surface area contributed by atoms with Gasteiger partial charge in [-0.3, -0.25) is 14.2 Å². The summed E-state index contributed by atoms with van der Waals surface area (Å²) >= 11 is 6.04. The van der Waals surface area contributed by atoms with E-state index in [2.05, 4.69) is 14.8 Å². The fraction of sp³-hybridized carbons (Fsp3) is 0.107. The molecule has 39 heavy (non-hydrogen) atoms. The van der Waals surface area contributed by atoms with E-state index in [1.165, 1.54) is 36.4 Å². The quantitative estimate of drug-likeness (QED) is 0.231. The summed E-state index contributed by atoms with van der Waals surface area (Å²) < 4.78 is 56.7. The van der Waals surface area contributed by atoms with Crippen LogP contribution < -0.4 is 14.8 Å². The monoisotopic (exact) mass is 583 g/mol. The minimum Gasteiger partial charge on any atom is -0.322 e. The number of amides is 1. The van der Waals surface area contributed by atoms with Crippen molar-refractivity contribution >= 4 is 54.6 Å². The lowest BCUT2D eigenvalue weighted by molar-refractivity contribution is 0.102. The van der Waals surface area contributed by atoms with Crippen LogP contribution >= 0.6 is 11.6 Å². The first-order valence-electron chi connectivity index (χ1n) is 11.8. The average Bonchev–Trinajstić information content (AvgIpc) is 2.88. The minimum absolute atomic E-state index is 0.0263. The molecule has 0 unspecified atom stereocenters. The number of rotatable bonds is 8. The number of aryl methyl sites for hydroxylation is 3. The van der Waals surface area contributed by atoms with Crippen LogP contribution in [0.2, 0.25) is 5.02 Å². The highest BCUT2D eigenvalue weighted by Crippen LogP contribution is 2.26. The number of benzene rings is 4. The highest BCUT2D eigenvalue weighted by atomic mass is 35.5. The van der Waals surface area contributed by atoms with Gasteiger partial charge in [-0.2, -0.15) is 0 Å². The summed E-state index contributed by atoms with van der Waals surface area (Å²) in [6, 6.07) is 21.6. The molecular formula is C28H26ClN3O5S2. The molecule has 1 amide bonds. The summed E-state index contributed by atoms with van der Waals surface area (Å²) in [5.41, 5.74) is 3.57. The molecule has 11 heteroatoms. The first-order chi connectivity index (χ1) is 18.4. The molecule has 0 aliphatic carbocycles. The average molecular weight is 584 g/mol. The Balaban J connectivity index is 1.51. The third-order valence-electron chi connectivity index (χ3n) is 6.04. The van der Waals surface area contributed by atoms with Crippen LogP contribution in [0.25, 0.3) is 0 Å². The van der Waals surface area contributed by atoms with Crippen LogP contribution in [0.1, 0.15) is 27.0 Å². The van der Waals surface area contributed by atoms with Gasteiger partial charge in [0, 0.05) is 16.9 Å². The molecule has 4 aromatic carbocycles. The lowest BCUT2D eigenvalue weighted by Crippen LogP contribution is -2.17. The Kier molecular flexibility index (Phi) is 8.01. The summed E-state index contributed by atoms with van der Waals surface area (Å²) in [4.78, 5) is 12.9. The van der Waals surface area contributed by atoms with Crippen molar-refractivity contribution in [1.29, 1.82) is 0 Å². The number of halogens is 1. The van der Waals surface area contributed by atoms with Gasteiger partial charge in [-0.15, -0.1) is 0 Å². The van der Waals surface area contributed by atoms with Crippen molar-refractivity contribution in [3.63, 3.8) is 0 Å². The van der Waals surface area contributed by atoms with Crippen LogP contribution in [-0.2, 0) is 20.0 Å².